The lowest BCUT2D eigenvalue weighted by atomic mass is 10.2. The van der Waals surface area contributed by atoms with Crippen LogP contribution in [0.4, 0.5) is 0 Å². The van der Waals surface area contributed by atoms with Gasteiger partial charge in [0, 0.05) is 42.8 Å². The van der Waals surface area contributed by atoms with Crippen molar-refractivity contribution in [1.29, 1.82) is 0 Å². The molecule has 0 bridgehead atoms. The normalized spacial score (nSPS) is 10.9. The average Bonchev–Trinajstić information content (AvgIpc) is 2.75. The topological polar surface area (TPSA) is 84.0 Å². The van der Waals surface area contributed by atoms with E-state index in [1.165, 1.54) is 0 Å². The third-order valence-electron chi connectivity index (χ3n) is 3.92. The fourth-order valence-electron chi connectivity index (χ4n) is 2.52. The van der Waals surface area contributed by atoms with Crippen molar-refractivity contribution in [1.82, 2.24) is 20.6 Å². The molecule has 140 valence electrons. The smallest absolute Gasteiger partial charge is 0.267 e. The van der Waals surface area contributed by atoms with Gasteiger partial charge in [-0.2, -0.15) is 0 Å². The van der Waals surface area contributed by atoms with Gasteiger partial charge in [-0.25, -0.2) is 0 Å². The molecular weight excluding hydrogens is 352 g/mol. The Morgan fingerprint density at radius 1 is 0.929 bits per heavy atom. The monoisotopic (exact) mass is 372 g/mol. The minimum atomic E-state index is -0.371. The maximum Gasteiger partial charge on any atom is 0.267 e. The molecule has 2 N–H and O–H groups in total. The van der Waals surface area contributed by atoms with E-state index in [1.54, 1.807) is 55.0 Å². The Balaban J connectivity index is 1.71. The van der Waals surface area contributed by atoms with E-state index in [1.807, 2.05) is 30.3 Å². The fourth-order valence-corrected chi connectivity index (χ4v) is 2.52. The van der Waals surface area contributed by atoms with Crippen molar-refractivity contribution in [2.45, 2.75) is 6.42 Å². The zero-order valence-electron chi connectivity index (χ0n) is 15.2. The summed E-state index contributed by atoms with van der Waals surface area (Å²) in [5.41, 5.74) is 2.23. The molecule has 6 heteroatoms. The second-order valence-electron chi connectivity index (χ2n) is 5.99. The molecule has 0 aliphatic rings. The van der Waals surface area contributed by atoms with E-state index >= 15 is 0 Å². The summed E-state index contributed by atoms with van der Waals surface area (Å²) < 4.78 is 0. The molecule has 0 spiro atoms. The molecule has 0 atom stereocenters. The fraction of sp³-hybridized carbons (Fsp3) is 0.0909. The molecule has 0 saturated carbocycles. The highest BCUT2D eigenvalue weighted by Gasteiger charge is 2.14. The summed E-state index contributed by atoms with van der Waals surface area (Å²) in [4.78, 5) is 33.4. The number of aromatic nitrogens is 2. The first-order valence-corrected chi connectivity index (χ1v) is 8.88. The van der Waals surface area contributed by atoms with Crippen LogP contribution < -0.4 is 10.6 Å². The van der Waals surface area contributed by atoms with Crippen LogP contribution in [0.25, 0.3) is 6.08 Å². The zero-order valence-corrected chi connectivity index (χ0v) is 15.2. The number of benzene rings is 1. The Bertz CT molecular complexity index is 942. The van der Waals surface area contributed by atoms with E-state index in [4.69, 9.17) is 0 Å². The molecule has 0 aliphatic heterocycles. The number of hydrogen-bond acceptors (Lipinski definition) is 4. The van der Waals surface area contributed by atoms with E-state index in [-0.39, 0.29) is 17.5 Å². The largest absolute Gasteiger partial charge is 0.350 e. The van der Waals surface area contributed by atoms with E-state index in [9.17, 15) is 9.59 Å². The molecule has 28 heavy (non-hydrogen) atoms. The summed E-state index contributed by atoms with van der Waals surface area (Å²) >= 11 is 0. The van der Waals surface area contributed by atoms with Crippen molar-refractivity contribution in [2.24, 2.45) is 0 Å². The SMILES string of the molecule is O=C(NCCc1ccccn1)/C(=C\c1cccnc1)NC(=O)c1ccccc1. The molecule has 0 fully saturated rings. The van der Waals surface area contributed by atoms with Crippen molar-refractivity contribution >= 4 is 17.9 Å². The average molecular weight is 372 g/mol. The van der Waals surface area contributed by atoms with Crippen LogP contribution in [-0.4, -0.2) is 28.3 Å². The number of amides is 2. The van der Waals surface area contributed by atoms with Crippen LogP contribution in [0.1, 0.15) is 21.6 Å². The van der Waals surface area contributed by atoms with Crippen LogP contribution in [0.5, 0.6) is 0 Å². The molecule has 6 nitrogen and oxygen atoms in total. The van der Waals surface area contributed by atoms with Gasteiger partial charge >= 0.3 is 0 Å². The highest BCUT2D eigenvalue weighted by molar-refractivity contribution is 6.05. The molecule has 0 unspecified atom stereocenters. The molecular formula is C22H20N4O2. The third kappa shape index (κ3) is 5.60. The van der Waals surface area contributed by atoms with E-state index < -0.39 is 0 Å². The lowest BCUT2D eigenvalue weighted by Gasteiger charge is -2.11. The first kappa shape index (κ1) is 19.0. The van der Waals surface area contributed by atoms with Crippen LogP contribution in [-0.2, 0) is 11.2 Å². The molecule has 2 heterocycles. The van der Waals surface area contributed by atoms with Crippen LogP contribution in [0.3, 0.4) is 0 Å². The zero-order chi connectivity index (χ0) is 19.6. The summed E-state index contributed by atoms with van der Waals surface area (Å²) in [5.74, 6) is -0.723. The van der Waals surface area contributed by atoms with Gasteiger partial charge in [0.05, 0.1) is 0 Å². The number of nitrogens with zero attached hydrogens (tertiary/aromatic N) is 2. The quantitative estimate of drug-likeness (QED) is 0.625. The van der Waals surface area contributed by atoms with Gasteiger partial charge in [-0.3, -0.25) is 19.6 Å². The van der Waals surface area contributed by atoms with Crippen molar-refractivity contribution in [3.63, 3.8) is 0 Å². The molecule has 2 aromatic heterocycles. The Morgan fingerprint density at radius 3 is 2.46 bits per heavy atom. The van der Waals surface area contributed by atoms with Crippen LogP contribution in [0.2, 0.25) is 0 Å². The van der Waals surface area contributed by atoms with Crippen molar-refractivity contribution in [3.8, 4) is 0 Å². The predicted molar refractivity (Wildman–Crippen MR) is 107 cm³/mol. The van der Waals surface area contributed by atoms with Gasteiger partial charge in [0.2, 0.25) is 0 Å². The molecule has 0 saturated heterocycles. The standard InChI is InChI=1S/C22H20N4O2/c27-21(18-8-2-1-3-9-18)26-20(15-17-7-6-12-23-16-17)22(28)25-14-11-19-10-4-5-13-24-19/h1-10,12-13,15-16H,11,14H2,(H,25,28)(H,26,27)/b20-15+. The van der Waals surface area contributed by atoms with Crippen molar-refractivity contribution < 1.29 is 9.59 Å². The second-order valence-corrected chi connectivity index (χ2v) is 5.99. The van der Waals surface area contributed by atoms with E-state index in [0.717, 1.165) is 5.69 Å². The van der Waals surface area contributed by atoms with Crippen LogP contribution in [0.15, 0.2) is 85.0 Å². The highest BCUT2D eigenvalue weighted by Crippen LogP contribution is 2.06. The van der Waals surface area contributed by atoms with Gasteiger partial charge in [-0.1, -0.05) is 30.3 Å². The van der Waals surface area contributed by atoms with Gasteiger partial charge < -0.3 is 10.6 Å². The minimum Gasteiger partial charge on any atom is -0.350 e. The molecule has 3 aromatic rings. The van der Waals surface area contributed by atoms with Gasteiger partial charge in [-0.05, 0) is 42.0 Å². The molecule has 3 rings (SSSR count). The van der Waals surface area contributed by atoms with Gasteiger partial charge in [-0.15, -0.1) is 0 Å². The van der Waals surface area contributed by atoms with Gasteiger partial charge in [0.25, 0.3) is 11.8 Å². The molecule has 0 radical (unpaired) electrons. The predicted octanol–water partition coefficient (Wildman–Crippen LogP) is 2.61. The summed E-state index contributed by atoms with van der Waals surface area (Å²) in [6.45, 7) is 0.404. The summed E-state index contributed by atoms with van der Waals surface area (Å²) in [7, 11) is 0. The highest BCUT2D eigenvalue weighted by atomic mass is 16.2. The molecule has 1 aromatic carbocycles. The summed E-state index contributed by atoms with van der Waals surface area (Å²) in [6, 6.07) is 18.0. The minimum absolute atomic E-state index is 0.155. The van der Waals surface area contributed by atoms with Crippen LogP contribution in [0, 0.1) is 0 Å². The number of rotatable bonds is 7. The number of hydrogen-bond donors (Lipinski definition) is 2. The van der Waals surface area contributed by atoms with E-state index in [0.29, 0.717) is 24.1 Å². The van der Waals surface area contributed by atoms with E-state index in [2.05, 4.69) is 20.6 Å². The third-order valence-corrected chi connectivity index (χ3v) is 3.92. The lowest BCUT2D eigenvalue weighted by Crippen LogP contribution is -2.35. The van der Waals surface area contributed by atoms with Crippen molar-refractivity contribution in [2.75, 3.05) is 6.54 Å². The van der Waals surface area contributed by atoms with Gasteiger partial charge in [0.1, 0.15) is 5.70 Å². The van der Waals surface area contributed by atoms with Gasteiger partial charge in [0.15, 0.2) is 0 Å². The maximum absolute atomic E-state index is 12.7. The number of nitrogens with one attached hydrogen (secondary N) is 2. The Hall–Kier alpha value is -3.80. The first-order valence-electron chi connectivity index (χ1n) is 8.88. The Morgan fingerprint density at radius 2 is 1.75 bits per heavy atom. The first-order chi connectivity index (χ1) is 13.7. The van der Waals surface area contributed by atoms with Crippen LogP contribution >= 0.6 is 0 Å². The second kappa shape index (κ2) is 9.78. The Labute approximate surface area is 163 Å². The summed E-state index contributed by atoms with van der Waals surface area (Å²) in [5, 5.41) is 5.52. The molecule has 2 amide bonds. The van der Waals surface area contributed by atoms with Crippen molar-refractivity contribution in [3.05, 3.63) is 102 Å². The number of pyridine rings is 2. The lowest BCUT2D eigenvalue weighted by molar-refractivity contribution is -0.117. The molecule has 0 aliphatic carbocycles. The summed E-state index contributed by atoms with van der Waals surface area (Å²) in [6.07, 6.45) is 7.18. The number of carbonyl (C=O) groups is 2. The number of carbonyl (C=O) groups excluding carboxylic acids is 2. The maximum atomic E-state index is 12.7. The Kier molecular flexibility index (Phi) is 6.62.